The highest BCUT2D eigenvalue weighted by atomic mass is 32.2. The van der Waals surface area contributed by atoms with Crippen LogP contribution in [0.25, 0.3) is 0 Å². The van der Waals surface area contributed by atoms with Crippen LogP contribution in [-0.2, 0) is 23.9 Å². The molecule has 1 amide bonds. The number of imidazole rings is 1. The molecule has 11 nitrogen and oxygen atoms in total. The minimum atomic E-state index is -0.708. The molecule has 164 valence electrons. The summed E-state index contributed by atoms with van der Waals surface area (Å²) in [7, 11) is 0. The Morgan fingerprint density at radius 1 is 1.39 bits per heavy atom. The summed E-state index contributed by atoms with van der Waals surface area (Å²) in [5.41, 5.74) is 0.934. The molecule has 4 rings (SSSR count). The lowest BCUT2D eigenvalue weighted by Gasteiger charge is -2.49. The standard InChI is InChI=1S/C17H18N6O5S3/c1-8-21-22-17(31-8)30-6-10-5-29-14-11(20-16-18-3-4-19-16)13(25)23(14)12(10)15(26)28-7-27-9(2)24/h3-4,11,14H,5-7H2,1-2H3,(H2,18,19,20)/t11?,14-/m1/s1. The third kappa shape index (κ3) is 4.70. The molecule has 2 aliphatic heterocycles. The molecule has 31 heavy (non-hydrogen) atoms. The number of carbonyl (C=O) groups excluding carboxylic acids is 3. The van der Waals surface area contributed by atoms with Crippen molar-refractivity contribution in [1.29, 1.82) is 0 Å². The highest BCUT2D eigenvalue weighted by Gasteiger charge is 2.54. The summed E-state index contributed by atoms with van der Waals surface area (Å²) in [5.74, 6) is -0.0683. The molecule has 0 radical (unpaired) electrons. The first kappa shape index (κ1) is 21.6. The number of nitrogens with zero attached hydrogens (tertiary/aromatic N) is 4. The van der Waals surface area contributed by atoms with Gasteiger partial charge in [0.25, 0.3) is 5.91 Å². The topological polar surface area (TPSA) is 139 Å². The van der Waals surface area contributed by atoms with E-state index >= 15 is 0 Å². The fourth-order valence-corrected chi connectivity index (χ4v) is 6.29. The molecule has 2 N–H and O–H groups in total. The van der Waals surface area contributed by atoms with Gasteiger partial charge < -0.3 is 19.8 Å². The Kier molecular flexibility index (Phi) is 6.48. The molecule has 2 atom stereocenters. The van der Waals surface area contributed by atoms with Crippen molar-refractivity contribution >= 4 is 58.7 Å². The van der Waals surface area contributed by atoms with E-state index in [0.717, 1.165) is 14.9 Å². The predicted octanol–water partition coefficient (Wildman–Crippen LogP) is 1.38. The van der Waals surface area contributed by atoms with Crippen molar-refractivity contribution < 1.29 is 23.9 Å². The zero-order valence-corrected chi connectivity index (χ0v) is 18.9. The number of thioether (sulfide) groups is 2. The van der Waals surface area contributed by atoms with Crippen molar-refractivity contribution in [3.05, 3.63) is 28.7 Å². The molecule has 2 aromatic rings. The van der Waals surface area contributed by atoms with Crippen LogP contribution in [0, 0.1) is 6.92 Å². The Morgan fingerprint density at radius 3 is 2.90 bits per heavy atom. The van der Waals surface area contributed by atoms with Crippen LogP contribution in [0.3, 0.4) is 0 Å². The van der Waals surface area contributed by atoms with Gasteiger partial charge in [0.1, 0.15) is 22.1 Å². The van der Waals surface area contributed by atoms with E-state index in [0.29, 0.717) is 17.5 Å². The molecule has 0 spiro atoms. The van der Waals surface area contributed by atoms with Gasteiger partial charge in [-0.3, -0.25) is 14.5 Å². The zero-order chi connectivity index (χ0) is 22.0. The van der Waals surface area contributed by atoms with Crippen LogP contribution in [0.15, 0.2) is 28.0 Å². The summed E-state index contributed by atoms with van der Waals surface area (Å²) in [6, 6.07) is -0.521. The minimum Gasteiger partial charge on any atom is -0.428 e. The molecular formula is C17H18N6O5S3. The van der Waals surface area contributed by atoms with E-state index in [9.17, 15) is 14.4 Å². The number of aromatic nitrogens is 4. The van der Waals surface area contributed by atoms with Crippen LogP contribution in [0.5, 0.6) is 0 Å². The number of fused-ring (bicyclic) bond motifs is 1. The van der Waals surface area contributed by atoms with Gasteiger partial charge in [-0.05, 0) is 12.5 Å². The van der Waals surface area contributed by atoms with Gasteiger partial charge in [0.15, 0.2) is 4.34 Å². The number of β-lactam (4-membered cyclic amide) rings is 1. The first-order chi connectivity index (χ1) is 14.9. The summed E-state index contributed by atoms with van der Waals surface area (Å²) in [4.78, 5) is 45.1. The molecule has 0 saturated carbocycles. The molecule has 2 aliphatic rings. The van der Waals surface area contributed by atoms with Gasteiger partial charge in [0.2, 0.25) is 12.7 Å². The summed E-state index contributed by atoms with van der Waals surface area (Å²) in [6.07, 6.45) is 3.24. The summed E-state index contributed by atoms with van der Waals surface area (Å²) >= 11 is 4.45. The number of aromatic amines is 1. The van der Waals surface area contributed by atoms with E-state index in [-0.39, 0.29) is 17.0 Å². The first-order valence-electron chi connectivity index (χ1n) is 9.10. The van der Waals surface area contributed by atoms with E-state index in [4.69, 9.17) is 9.47 Å². The van der Waals surface area contributed by atoms with E-state index in [1.54, 1.807) is 24.2 Å². The molecule has 14 heteroatoms. The van der Waals surface area contributed by atoms with Crippen molar-refractivity contribution in [3.63, 3.8) is 0 Å². The second-order valence-corrected chi connectivity index (χ2v) is 9.99. The number of rotatable bonds is 8. The summed E-state index contributed by atoms with van der Waals surface area (Å²) in [6.45, 7) is 2.57. The van der Waals surface area contributed by atoms with Crippen molar-refractivity contribution in [1.82, 2.24) is 25.1 Å². The smallest absolute Gasteiger partial charge is 0.357 e. The summed E-state index contributed by atoms with van der Waals surface area (Å²) in [5, 5.41) is 11.7. The van der Waals surface area contributed by atoms with Crippen LogP contribution in [0.1, 0.15) is 11.9 Å². The number of hydrogen-bond donors (Lipinski definition) is 2. The van der Waals surface area contributed by atoms with E-state index in [1.807, 2.05) is 6.92 Å². The van der Waals surface area contributed by atoms with Gasteiger partial charge in [-0.2, -0.15) is 0 Å². The maximum Gasteiger partial charge on any atom is 0.357 e. The molecule has 0 aliphatic carbocycles. The lowest BCUT2D eigenvalue weighted by atomic mass is 10.0. The van der Waals surface area contributed by atoms with Gasteiger partial charge >= 0.3 is 11.9 Å². The van der Waals surface area contributed by atoms with Crippen molar-refractivity contribution in [2.24, 2.45) is 0 Å². The molecule has 1 unspecified atom stereocenters. The molecule has 0 aromatic carbocycles. The van der Waals surface area contributed by atoms with E-state index in [1.165, 1.54) is 34.9 Å². The molecule has 4 heterocycles. The zero-order valence-electron chi connectivity index (χ0n) is 16.5. The number of nitrogens with one attached hydrogen (secondary N) is 2. The van der Waals surface area contributed by atoms with Crippen LogP contribution in [-0.4, -0.2) is 72.6 Å². The van der Waals surface area contributed by atoms with Gasteiger partial charge in [-0.25, -0.2) is 9.78 Å². The lowest BCUT2D eigenvalue weighted by Crippen LogP contribution is -2.67. The second-order valence-electron chi connectivity index (χ2n) is 6.48. The van der Waals surface area contributed by atoms with E-state index < -0.39 is 24.8 Å². The second kappa shape index (κ2) is 9.28. The van der Waals surface area contributed by atoms with Crippen LogP contribution in [0.4, 0.5) is 5.95 Å². The average molecular weight is 483 g/mol. The highest BCUT2D eigenvalue weighted by Crippen LogP contribution is 2.42. The number of esters is 2. The largest absolute Gasteiger partial charge is 0.428 e. The lowest BCUT2D eigenvalue weighted by molar-refractivity contribution is -0.166. The SMILES string of the molecule is CC(=O)OCOC(=O)C1=C(CSc2nnc(C)s2)CS[C@@H]2C(Nc3ncc[nH]3)C(=O)N12. The maximum atomic E-state index is 12.9. The van der Waals surface area contributed by atoms with Crippen molar-refractivity contribution in [2.45, 2.75) is 29.6 Å². The quantitative estimate of drug-likeness (QED) is 0.244. The third-order valence-corrected chi connectivity index (χ3v) is 7.76. The Hall–Kier alpha value is -2.58. The Balaban J connectivity index is 1.52. The average Bonchev–Trinajstić information content (AvgIpc) is 3.40. The molecular weight excluding hydrogens is 464 g/mol. The third-order valence-electron chi connectivity index (χ3n) is 4.36. The van der Waals surface area contributed by atoms with E-state index in [2.05, 4.69) is 25.5 Å². The monoisotopic (exact) mass is 482 g/mol. The van der Waals surface area contributed by atoms with Crippen LogP contribution in [0.2, 0.25) is 0 Å². The Morgan fingerprint density at radius 2 is 2.23 bits per heavy atom. The normalized spacial score (nSPS) is 20.2. The first-order valence-corrected chi connectivity index (χ1v) is 11.9. The Labute approximate surface area is 189 Å². The highest BCUT2D eigenvalue weighted by molar-refractivity contribution is 8.01. The molecule has 1 saturated heterocycles. The van der Waals surface area contributed by atoms with Gasteiger partial charge in [-0.1, -0.05) is 23.1 Å². The van der Waals surface area contributed by atoms with Crippen molar-refractivity contribution in [2.75, 3.05) is 23.6 Å². The molecule has 1 fully saturated rings. The predicted molar refractivity (Wildman–Crippen MR) is 114 cm³/mol. The van der Waals surface area contributed by atoms with Crippen molar-refractivity contribution in [3.8, 4) is 0 Å². The fraction of sp³-hybridized carbons (Fsp3) is 0.412. The van der Waals surface area contributed by atoms with Crippen LogP contribution < -0.4 is 5.32 Å². The Bertz CT molecular complexity index is 1020. The number of hydrogen-bond acceptors (Lipinski definition) is 12. The van der Waals surface area contributed by atoms with Gasteiger partial charge in [0.05, 0.1) is 0 Å². The summed E-state index contributed by atoms with van der Waals surface area (Å²) < 4.78 is 10.6. The number of ether oxygens (including phenoxy) is 2. The number of carbonyl (C=O) groups is 3. The van der Waals surface area contributed by atoms with Gasteiger partial charge in [-0.15, -0.1) is 22.0 Å². The number of aryl methyl sites for hydroxylation is 1. The fourth-order valence-electron chi connectivity index (χ4n) is 2.99. The number of amides is 1. The molecule has 0 bridgehead atoms. The number of anilines is 1. The van der Waals surface area contributed by atoms with Gasteiger partial charge in [0, 0.05) is 30.8 Å². The number of H-pyrrole nitrogens is 1. The minimum absolute atomic E-state index is 0.187. The molecule has 2 aromatic heterocycles. The maximum absolute atomic E-state index is 12.9. The van der Waals surface area contributed by atoms with Crippen LogP contribution >= 0.6 is 34.9 Å².